The molecular weight excluding hydrogens is 484 g/mol. The monoisotopic (exact) mass is 504 g/mol. The highest BCUT2D eigenvalue weighted by Crippen LogP contribution is 2.65. The van der Waals surface area contributed by atoms with Gasteiger partial charge in [-0.15, -0.1) is 0 Å². The molecular formula is C26H21ClN4O5. The summed E-state index contributed by atoms with van der Waals surface area (Å²) in [6, 6.07) is 12.2. The predicted molar refractivity (Wildman–Crippen MR) is 129 cm³/mol. The van der Waals surface area contributed by atoms with Crippen LogP contribution in [0.3, 0.4) is 0 Å². The molecule has 10 heteroatoms. The molecule has 4 aromatic rings. The molecule has 1 saturated heterocycles. The van der Waals surface area contributed by atoms with E-state index in [1.807, 2.05) is 0 Å². The van der Waals surface area contributed by atoms with Gasteiger partial charge < -0.3 is 24.8 Å². The largest absolute Gasteiger partial charge is 0.494 e. The normalized spacial score (nSPS) is 24.1. The number of hydrogen-bond donors (Lipinski definition) is 3. The molecule has 0 aliphatic carbocycles. The second-order valence-corrected chi connectivity index (χ2v) is 9.65. The van der Waals surface area contributed by atoms with Crippen molar-refractivity contribution in [3.63, 3.8) is 0 Å². The van der Waals surface area contributed by atoms with Crippen molar-refractivity contribution in [2.75, 3.05) is 6.61 Å². The number of aromatic hydroxyl groups is 2. The van der Waals surface area contributed by atoms with Gasteiger partial charge in [0.1, 0.15) is 17.3 Å². The van der Waals surface area contributed by atoms with Gasteiger partial charge in [0.05, 0.1) is 45.6 Å². The van der Waals surface area contributed by atoms with E-state index in [4.69, 9.17) is 21.1 Å². The van der Waals surface area contributed by atoms with Crippen molar-refractivity contribution in [2.24, 2.45) is 0 Å². The van der Waals surface area contributed by atoms with E-state index in [0.717, 1.165) is 0 Å². The molecule has 3 N–H and O–H groups in total. The quantitative estimate of drug-likeness (QED) is 0.371. The van der Waals surface area contributed by atoms with Crippen LogP contribution < -0.4 is 4.74 Å². The highest BCUT2D eigenvalue weighted by molar-refractivity contribution is 6.30. The third-order valence-electron chi connectivity index (χ3n) is 7.20. The molecule has 0 radical (unpaired) electrons. The SMILES string of the molecule is CC12OC(CCOc3ccc(Cl)cn3)(C[C@@H]1O)c1c2c(O)n(-c2ccc(C#N)c3ncccc23)c1O. The fourth-order valence-electron chi connectivity index (χ4n) is 5.56. The molecule has 1 fully saturated rings. The average molecular weight is 505 g/mol. The molecule has 6 rings (SSSR count). The lowest BCUT2D eigenvalue weighted by Crippen LogP contribution is -2.33. The number of hydrogen-bond acceptors (Lipinski definition) is 8. The van der Waals surface area contributed by atoms with Gasteiger partial charge in [-0.25, -0.2) is 4.98 Å². The van der Waals surface area contributed by atoms with E-state index in [0.29, 0.717) is 50.6 Å². The van der Waals surface area contributed by atoms with Gasteiger partial charge in [0, 0.05) is 36.7 Å². The zero-order valence-electron chi connectivity index (χ0n) is 19.1. The van der Waals surface area contributed by atoms with E-state index in [1.165, 1.54) is 10.8 Å². The number of ether oxygens (including phenoxy) is 2. The Morgan fingerprint density at radius 1 is 1.19 bits per heavy atom. The van der Waals surface area contributed by atoms with Crippen molar-refractivity contribution in [3.8, 4) is 29.4 Å². The Morgan fingerprint density at radius 3 is 2.75 bits per heavy atom. The maximum atomic E-state index is 11.5. The highest BCUT2D eigenvalue weighted by atomic mass is 35.5. The van der Waals surface area contributed by atoms with Crippen molar-refractivity contribution >= 4 is 22.5 Å². The van der Waals surface area contributed by atoms with Gasteiger partial charge in [-0.1, -0.05) is 11.6 Å². The van der Waals surface area contributed by atoms with E-state index in [-0.39, 0.29) is 24.8 Å². The van der Waals surface area contributed by atoms with Crippen molar-refractivity contribution in [1.82, 2.24) is 14.5 Å². The number of benzene rings is 1. The van der Waals surface area contributed by atoms with Crippen molar-refractivity contribution < 1.29 is 24.8 Å². The molecule has 3 atom stereocenters. The summed E-state index contributed by atoms with van der Waals surface area (Å²) in [5.74, 6) is -0.0464. The fourth-order valence-corrected chi connectivity index (χ4v) is 5.67. The van der Waals surface area contributed by atoms with Crippen molar-refractivity contribution in [3.05, 3.63) is 70.5 Å². The van der Waals surface area contributed by atoms with Gasteiger partial charge in [0.15, 0.2) is 0 Å². The summed E-state index contributed by atoms with van der Waals surface area (Å²) in [5, 5.41) is 44.4. The van der Waals surface area contributed by atoms with Crippen LogP contribution in [-0.2, 0) is 15.9 Å². The molecule has 1 aromatic carbocycles. The van der Waals surface area contributed by atoms with Gasteiger partial charge in [0.2, 0.25) is 17.6 Å². The van der Waals surface area contributed by atoms with Crippen LogP contribution in [0.25, 0.3) is 16.6 Å². The number of nitrogens with zero attached hydrogens (tertiary/aromatic N) is 4. The summed E-state index contributed by atoms with van der Waals surface area (Å²) in [7, 11) is 0. The number of halogens is 1. The minimum Gasteiger partial charge on any atom is -0.494 e. The molecule has 2 aliphatic rings. The Kier molecular flexibility index (Phi) is 4.92. The summed E-state index contributed by atoms with van der Waals surface area (Å²) < 4.78 is 13.4. The van der Waals surface area contributed by atoms with Gasteiger partial charge in [-0.3, -0.25) is 9.55 Å². The molecule has 2 unspecified atom stereocenters. The number of pyridine rings is 2. The van der Waals surface area contributed by atoms with Crippen LogP contribution in [0.4, 0.5) is 0 Å². The Morgan fingerprint density at radius 2 is 2.00 bits per heavy atom. The Balaban J connectivity index is 1.45. The molecule has 3 aromatic heterocycles. The lowest BCUT2D eigenvalue weighted by atomic mass is 9.76. The number of aromatic nitrogens is 3. The number of rotatable bonds is 5. The van der Waals surface area contributed by atoms with Crippen molar-refractivity contribution in [2.45, 2.75) is 37.1 Å². The standard InChI is InChI=1S/C26H21ClN4O5/c1-25-18(32)11-26(36-25,8-10-35-19-7-5-15(27)13-30-19)21-20(25)23(33)31(24(21)34)17-6-4-14(12-28)22-16(17)3-2-9-29-22/h2-7,9,13,18,32-34H,8,10-11H2,1H3/t18-,25?,26?/m0/s1. The minimum absolute atomic E-state index is 0.186. The maximum Gasteiger partial charge on any atom is 0.213 e. The maximum absolute atomic E-state index is 11.5. The summed E-state index contributed by atoms with van der Waals surface area (Å²) in [4.78, 5) is 8.45. The Bertz CT molecular complexity index is 1560. The average Bonchev–Trinajstić information content (AvgIpc) is 3.41. The van der Waals surface area contributed by atoms with Crippen LogP contribution in [0.15, 0.2) is 48.8 Å². The summed E-state index contributed by atoms with van der Waals surface area (Å²) >= 11 is 5.89. The molecule has 2 bridgehead atoms. The van der Waals surface area contributed by atoms with Gasteiger partial charge in [-0.2, -0.15) is 5.26 Å². The molecule has 5 heterocycles. The Hall–Kier alpha value is -3.84. The van der Waals surface area contributed by atoms with Crippen LogP contribution >= 0.6 is 11.6 Å². The first-order chi connectivity index (χ1) is 17.3. The van der Waals surface area contributed by atoms with Crippen LogP contribution in [0.1, 0.15) is 36.5 Å². The molecule has 2 aliphatic heterocycles. The van der Waals surface area contributed by atoms with E-state index in [2.05, 4.69) is 16.0 Å². The first-order valence-corrected chi connectivity index (χ1v) is 11.8. The molecule has 36 heavy (non-hydrogen) atoms. The lowest BCUT2D eigenvalue weighted by molar-refractivity contribution is -0.107. The molecule has 182 valence electrons. The first kappa shape index (κ1) is 22.6. The summed E-state index contributed by atoms with van der Waals surface area (Å²) in [5.41, 5.74) is -0.259. The third-order valence-corrected chi connectivity index (χ3v) is 7.43. The zero-order valence-corrected chi connectivity index (χ0v) is 19.9. The number of aliphatic hydroxyl groups is 1. The second-order valence-electron chi connectivity index (χ2n) is 9.21. The first-order valence-electron chi connectivity index (χ1n) is 11.4. The highest BCUT2D eigenvalue weighted by Gasteiger charge is 2.66. The molecule has 0 spiro atoms. The van der Waals surface area contributed by atoms with E-state index >= 15 is 0 Å². The van der Waals surface area contributed by atoms with Gasteiger partial charge in [0.25, 0.3) is 0 Å². The molecule has 9 nitrogen and oxygen atoms in total. The molecule has 0 amide bonds. The van der Waals surface area contributed by atoms with Crippen LogP contribution in [0, 0.1) is 11.3 Å². The predicted octanol–water partition coefficient (Wildman–Crippen LogP) is 4.03. The van der Waals surface area contributed by atoms with Crippen molar-refractivity contribution in [1.29, 1.82) is 5.26 Å². The smallest absolute Gasteiger partial charge is 0.213 e. The number of aliphatic hydroxyl groups excluding tert-OH is 1. The van der Waals surface area contributed by atoms with Crippen LogP contribution in [0.2, 0.25) is 5.02 Å². The lowest BCUT2D eigenvalue weighted by Gasteiger charge is -2.26. The third kappa shape index (κ3) is 3.02. The van der Waals surface area contributed by atoms with E-state index in [1.54, 1.807) is 49.5 Å². The van der Waals surface area contributed by atoms with E-state index < -0.39 is 17.3 Å². The fraction of sp³-hybridized carbons (Fsp3) is 0.269. The zero-order chi connectivity index (χ0) is 25.2. The Labute approximate surface area is 210 Å². The van der Waals surface area contributed by atoms with E-state index in [9.17, 15) is 20.6 Å². The summed E-state index contributed by atoms with van der Waals surface area (Å²) in [6.07, 6.45) is 2.68. The number of nitriles is 1. The van der Waals surface area contributed by atoms with Gasteiger partial charge in [-0.05, 0) is 37.3 Å². The minimum atomic E-state index is -1.22. The van der Waals surface area contributed by atoms with Crippen LogP contribution in [0.5, 0.6) is 17.6 Å². The summed E-state index contributed by atoms with van der Waals surface area (Å²) in [6.45, 7) is 1.89. The van der Waals surface area contributed by atoms with Crippen LogP contribution in [-0.4, -0.2) is 42.6 Å². The second kappa shape index (κ2) is 7.83. The number of fused-ring (bicyclic) bond motifs is 6. The molecule has 0 saturated carbocycles. The topological polar surface area (TPSA) is 134 Å². The van der Waals surface area contributed by atoms with Gasteiger partial charge >= 0.3 is 0 Å².